The summed E-state index contributed by atoms with van der Waals surface area (Å²) >= 11 is 6.29. The van der Waals surface area contributed by atoms with Gasteiger partial charge in [-0.15, -0.1) is 0 Å². The van der Waals surface area contributed by atoms with E-state index in [-0.39, 0.29) is 0 Å². The molecule has 1 unspecified atom stereocenters. The zero-order chi connectivity index (χ0) is 14.7. The molecular formula is C14H18ClN3O2. The Morgan fingerprint density at radius 1 is 1.50 bits per heavy atom. The van der Waals surface area contributed by atoms with E-state index in [1.54, 1.807) is 23.0 Å². The molecule has 2 aromatic rings. The van der Waals surface area contributed by atoms with Crippen LogP contribution in [-0.2, 0) is 19.9 Å². The summed E-state index contributed by atoms with van der Waals surface area (Å²) < 4.78 is 6.88. The lowest BCUT2D eigenvalue weighted by Gasteiger charge is -2.14. The topological polar surface area (TPSA) is 60.2 Å². The van der Waals surface area contributed by atoms with Gasteiger partial charge in [0.2, 0.25) is 5.88 Å². The maximum atomic E-state index is 10.4. The molecule has 0 spiro atoms. The van der Waals surface area contributed by atoms with Crippen molar-refractivity contribution in [3.05, 3.63) is 40.3 Å². The quantitative estimate of drug-likeness (QED) is 0.919. The van der Waals surface area contributed by atoms with Crippen molar-refractivity contribution in [2.24, 2.45) is 7.05 Å². The third-order valence-electron chi connectivity index (χ3n) is 3.24. The number of halogens is 1. The zero-order valence-corrected chi connectivity index (χ0v) is 12.6. The standard InChI is InChI=1S/C14H18ClN3O2/c1-4-10-13(15)11(18(2)17-10)8-12(19)9-6-5-7-16-14(9)20-3/h5-7,12,19H,4,8H2,1-3H3. The first-order valence-corrected chi connectivity index (χ1v) is 6.83. The number of aliphatic hydroxyl groups is 1. The van der Waals surface area contributed by atoms with Gasteiger partial charge < -0.3 is 9.84 Å². The van der Waals surface area contributed by atoms with Gasteiger partial charge >= 0.3 is 0 Å². The van der Waals surface area contributed by atoms with Crippen LogP contribution in [0.3, 0.4) is 0 Å². The van der Waals surface area contributed by atoms with Crippen LogP contribution < -0.4 is 4.74 Å². The molecule has 0 aliphatic rings. The van der Waals surface area contributed by atoms with Crippen LogP contribution in [0.1, 0.15) is 30.0 Å². The third kappa shape index (κ3) is 2.78. The predicted octanol–water partition coefficient (Wildman–Crippen LogP) is 2.32. The number of aliphatic hydroxyl groups excluding tert-OH is 1. The number of aryl methyl sites for hydroxylation is 2. The number of rotatable bonds is 5. The summed E-state index contributed by atoms with van der Waals surface area (Å²) in [6.45, 7) is 2.00. The van der Waals surface area contributed by atoms with Gasteiger partial charge in [0.05, 0.1) is 29.6 Å². The van der Waals surface area contributed by atoms with Gasteiger partial charge in [0, 0.05) is 25.2 Å². The minimum atomic E-state index is -0.740. The predicted molar refractivity (Wildman–Crippen MR) is 77.0 cm³/mol. The lowest BCUT2D eigenvalue weighted by atomic mass is 10.1. The summed E-state index contributed by atoms with van der Waals surface area (Å²) in [5.41, 5.74) is 2.29. The normalized spacial score (nSPS) is 12.4. The molecule has 0 saturated carbocycles. The van der Waals surface area contributed by atoms with Gasteiger partial charge in [0.25, 0.3) is 0 Å². The van der Waals surface area contributed by atoms with E-state index in [2.05, 4.69) is 10.1 Å². The first-order valence-electron chi connectivity index (χ1n) is 6.45. The monoisotopic (exact) mass is 295 g/mol. The van der Waals surface area contributed by atoms with E-state index in [1.807, 2.05) is 14.0 Å². The van der Waals surface area contributed by atoms with Crippen molar-refractivity contribution in [1.29, 1.82) is 0 Å². The Labute approximate surface area is 123 Å². The molecule has 2 rings (SSSR count). The van der Waals surface area contributed by atoms with E-state index >= 15 is 0 Å². The van der Waals surface area contributed by atoms with Gasteiger partial charge in [-0.25, -0.2) is 4.98 Å². The lowest BCUT2D eigenvalue weighted by molar-refractivity contribution is 0.170. The molecule has 0 radical (unpaired) electrons. The second-order valence-electron chi connectivity index (χ2n) is 4.51. The highest BCUT2D eigenvalue weighted by Crippen LogP contribution is 2.29. The second kappa shape index (κ2) is 6.24. The number of pyridine rings is 1. The number of ether oxygens (including phenoxy) is 1. The number of aromatic nitrogens is 3. The van der Waals surface area contributed by atoms with Crippen LogP contribution in [0.15, 0.2) is 18.3 Å². The van der Waals surface area contributed by atoms with Crippen LogP contribution in [0.4, 0.5) is 0 Å². The average Bonchev–Trinajstić information content (AvgIpc) is 2.74. The average molecular weight is 296 g/mol. The Morgan fingerprint density at radius 2 is 2.25 bits per heavy atom. The van der Waals surface area contributed by atoms with E-state index in [0.29, 0.717) is 22.9 Å². The maximum Gasteiger partial charge on any atom is 0.218 e. The molecule has 0 amide bonds. The smallest absolute Gasteiger partial charge is 0.218 e. The zero-order valence-electron chi connectivity index (χ0n) is 11.8. The molecule has 0 aromatic carbocycles. The van der Waals surface area contributed by atoms with E-state index in [9.17, 15) is 5.11 Å². The van der Waals surface area contributed by atoms with Crippen LogP contribution in [0.2, 0.25) is 5.02 Å². The highest BCUT2D eigenvalue weighted by atomic mass is 35.5. The minimum Gasteiger partial charge on any atom is -0.481 e. The Bertz CT molecular complexity index is 598. The molecule has 1 atom stereocenters. The van der Waals surface area contributed by atoms with Crippen LogP contribution >= 0.6 is 11.6 Å². The number of hydrogen-bond donors (Lipinski definition) is 1. The second-order valence-corrected chi connectivity index (χ2v) is 4.88. The van der Waals surface area contributed by atoms with Crippen LogP contribution in [0.25, 0.3) is 0 Å². The molecule has 0 aliphatic heterocycles. The Balaban J connectivity index is 2.28. The highest BCUT2D eigenvalue weighted by molar-refractivity contribution is 6.31. The van der Waals surface area contributed by atoms with Crippen molar-refractivity contribution in [2.75, 3.05) is 7.11 Å². The first-order chi connectivity index (χ1) is 9.58. The van der Waals surface area contributed by atoms with Gasteiger partial charge in [-0.3, -0.25) is 4.68 Å². The number of methoxy groups -OCH3 is 1. The lowest BCUT2D eigenvalue weighted by Crippen LogP contribution is -2.08. The molecule has 2 aromatic heterocycles. The molecule has 108 valence electrons. The van der Waals surface area contributed by atoms with E-state index in [1.165, 1.54) is 7.11 Å². The molecule has 0 saturated heterocycles. The SMILES string of the molecule is CCc1nn(C)c(CC(O)c2cccnc2OC)c1Cl. The molecule has 20 heavy (non-hydrogen) atoms. The summed E-state index contributed by atoms with van der Waals surface area (Å²) in [5.74, 6) is 0.425. The van der Waals surface area contributed by atoms with Crippen molar-refractivity contribution in [1.82, 2.24) is 14.8 Å². The Kier molecular flexibility index (Phi) is 4.62. The van der Waals surface area contributed by atoms with Gasteiger partial charge in [0.1, 0.15) is 0 Å². The largest absolute Gasteiger partial charge is 0.481 e. The summed E-state index contributed by atoms with van der Waals surface area (Å²) in [4.78, 5) is 4.09. The molecule has 5 nitrogen and oxygen atoms in total. The van der Waals surface area contributed by atoms with E-state index in [4.69, 9.17) is 16.3 Å². The highest BCUT2D eigenvalue weighted by Gasteiger charge is 2.20. The van der Waals surface area contributed by atoms with E-state index in [0.717, 1.165) is 17.8 Å². The van der Waals surface area contributed by atoms with Crippen molar-refractivity contribution in [2.45, 2.75) is 25.9 Å². The molecule has 0 fully saturated rings. The van der Waals surface area contributed by atoms with Crippen molar-refractivity contribution < 1.29 is 9.84 Å². The molecule has 2 heterocycles. The first kappa shape index (κ1) is 14.8. The summed E-state index contributed by atoms with van der Waals surface area (Å²) in [5, 5.41) is 15.4. The molecule has 0 aliphatic carbocycles. The van der Waals surface area contributed by atoms with Crippen molar-refractivity contribution >= 4 is 11.6 Å². The fourth-order valence-corrected chi connectivity index (χ4v) is 2.53. The number of hydrogen-bond acceptors (Lipinski definition) is 4. The van der Waals surface area contributed by atoms with Crippen molar-refractivity contribution in [3.8, 4) is 5.88 Å². The van der Waals surface area contributed by atoms with Crippen LogP contribution in [0, 0.1) is 0 Å². The van der Waals surface area contributed by atoms with Crippen molar-refractivity contribution in [3.63, 3.8) is 0 Å². The summed E-state index contributed by atoms with van der Waals surface area (Å²) in [7, 11) is 3.36. The maximum absolute atomic E-state index is 10.4. The fraction of sp³-hybridized carbons (Fsp3) is 0.429. The molecular weight excluding hydrogens is 278 g/mol. The fourth-order valence-electron chi connectivity index (χ4n) is 2.16. The van der Waals surface area contributed by atoms with Crippen LogP contribution in [0.5, 0.6) is 5.88 Å². The minimum absolute atomic E-state index is 0.365. The molecule has 1 N–H and O–H groups in total. The molecule has 0 bridgehead atoms. The van der Waals surface area contributed by atoms with Gasteiger partial charge in [0.15, 0.2) is 0 Å². The number of nitrogens with zero attached hydrogens (tertiary/aromatic N) is 3. The van der Waals surface area contributed by atoms with Crippen LogP contribution in [-0.4, -0.2) is 27.0 Å². The van der Waals surface area contributed by atoms with Gasteiger partial charge in [-0.2, -0.15) is 5.10 Å². The summed E-state index contributed by atoms with van der Waals surface area (Å²) in [6, 6.07) is 3.56. The van der Waals surface area contributed by atoms with Gasteiger partial charge in [-0.05, 0) is 18.6 Å². The Morgan fingerprint density at radius 3 is 2.85 bits per heavy atom. The van der Waals surface area contributed by atoms with E-state index < -0.39 is 6.10 Å². The third-order valence-corrected chi connectivity index (χ3v) is 3.68. The summed E-state index contributed by atoms with van der Waals surface area (Å²) in [6.07, 6.45) is 2.02. The molecule has 6 heteroatoms. The Hall–Kier alpha value is -1.59. The van der Waals surface area contributed by atoms with Gasteiger partial charge in [-0.1, -0.05) is 18.5 Å².